The van der Waals surface area contributed by atoms with Gasteiger partial charge in [-0.1, -0.05) is 12.8 Å². The molecule has 3 nitrogen and oxygen atoms in total. The van der Waals surface area contributed by atoms with Gasteiger partial charge in [0.05, 0.1) is 6.10 Å². The Bertz CT molecular complexity index is 312. The van der Waals surface area contributed by atoms with Crippen LogP contribution in [0.3, 0.4) is 0 Å². The Kier molecular flexibility index (Phi) is 3.35. The summed E-state index contributed by atoms with van der Waals surface area (Å²) < 4.78 is 5.57. The van der Waals surface area contributed by atoms with Crippen molar-refractivity contribution < 1.29 is 9.53 Å². The van der Waals surface area contributed by atoms with Crippen molar-refractivity contribution in [3.8, 4) is 0 Å². The van der Waals surface area contributed by atoms with Gasteiger partial charge in [-0.25, -0.2) is 0 Å². The second kappa shape index (κ2) is 4.84. The zero-order valence-electron chi connectivity index (χ0n) is 11.5. The lowest BCUT2D eigenvalue weighted by atomic mass is 9.60. The molecule has 0 N–H and O–H groups in total. The molecule has 18 heavy (non-hydrogen) atoms. The summed E-state index contributed by atoms with van der Waals surface area (Å²) in [6.45, 7) is 1.93. The van der Waals surface area contributed by atoms with E-state index in [1.54, 1.807) is 0 Å². The van der Waals surface area contributed by atoms with E-state index in [2.05, 4.69) is 4.90 Å². The molecule has 0 radical (unpaired) electrons. The lowest BCUT2D eigenvalue weighted by Crippen LogP contribution is -2.54. The number of hydrogen-bond acceptors (Lipinski definition) is 2. The van der Waals surface area contributed by atoms with Crippen LogP contribution >= 0.6 is 0 Å². The van der Waals surface area contributed by atoms with Crippen molar-refractivity contribution in [2.24, 2.45) is 11.3 Å². The van der Waals surface area contributed by atoms with Gasteiger partial charge in [0.1, 0.15) is 0 Å². The fourth-order valence-electron chi connectivity index (χ4n) is 4.21. The van der Waals surface area contributed by atoms with Gasteiger partial charge in [-0.2, -0.15) is 0 Å². The summed E-state index contributed by atoms with van der Waals surface area (Å²) in [6.07, 6.45) is 10.0. The van der Waals surface area contributed by atoms with Crippen molar-refractivity contribution in [3.63, 3.8) is 0 Å². The van der Waals surface area contributed by atoms with Crippen LogP contribution in [0.2, 0.25) is 0 Å². The summed E-state index contributed by atoms with van der Waals surface area (Å²) in [5.74, 6) is 0.786. The smallest absolute Gasteiger partial charge is 0.225 e. The van der Waals surface area contributed by atoms with Gasteiger partial charge in [-0.05, 0) is 38.5 Å². The van der Waals surface area contributed by atoms with Crippen molar-refractivity contribution in [1.29, 1.82) is 0 Å². The van der Waals surface area contributed by atoms with Gasteiger partial charge in [0.15, 0.2) is 0 Å². The van der Waals surface area contributed by atoms with Gasteiger partial charge in [0.25, 0.3) is 0 Å². The van der Waals surface area contributed by atoms with Crippen molar-refractivity contribution in [1.82, 2.24) is 4.90 Å². The van der Waals surface area contributed by atoms with Crippen LogP contribution in [0.5, 0.6) is 0 Å². The highest BCUT2D eigenvalue weighted by molar-refractivity contribution is 5.79. The molecular formula is C15H25NO2. The number of likely N-dealkylation sites (tertiary alicyclic amines) is 1. The molecule has 0 aromatic carbocycles. The first kappa shape index (κ1) is 12.5. The first-order valence-corrected chi connectivity index (χ1v) is 7.57. The molecule has 0 aromatic heterocycles. The third kappa shape index (κ3) is 1.97. The van der Waals surface area contributed by atoms with Crippen LogP contribution in [-0.4, -0.2) is 37.1 Å². The highest BCUT2D eigenvalue weighted by Gasteiger charge is 2.49. The first-order chi connectivity index (χ1) is 8.75. The molecule has 1 spiro atoms. The number of nitrogens with zero attached hydrogens (tertiary/aromatic N) is 1. The second-order valence-electron chi connectivity index (χ2n) is 6.43. The van der Waals surface area contributed by atoms with E-state index in [1.165, 1.54) is 25.7 Å². The molecular weight excluding hydrogens is 226 g/mol. The Morgan fingerprint density at radius 3 is 2.28 bits per heavy atom. The van der Waals surface area contributed by atoms with Gasteiger partial charge in [0, 0.05) is 31.5 Å². The maximum atomic E-state index is 12.4. The van der Waals surface area contributed by atoms with Crippen molar-refractivity contribution >= 4 is 5.91 Å². The van der Waals surface area contributed by atoms with E-state index in [4.69, 9.17) is 4.74 Å². The molecule has 3 heteroatoms. The number of rotatable bonds is 2. The predicted molar refractivity (Wildman–Crippen MR) is 70.2 cm³/mol. The predicted octanol–water partition coefficient (Wildman–Crippen LogP) is 2.59. The largest absolute Gasteiger partial charge is 0.381 e. The standard InChI is InChI=1S/C15H25NO2/c1-18-13-6-7-15(13)8-10-16(11-9-15)14(17)12-4-2-3-5-12/h12-13H,2-11H2,1H3. The lowest BCUT2D eigenvalue weighted by Gasteiger charge is -2.53. The summed E-state index contributed by atoms with van der Waals surface area (Å²) in [5.41, 5.74) is 0.418. The minimum atomic E-state index is 0.346. The molecule has 1 heterocycles. The Labute approximate surface area is 110 Å². The van der Waals surface area contributed by atoms with Crippen LogP contribution in [0.15, 0.2) is 0 Å². The van der Waals surface area contributed by atoms with E-state index in [9.17, 15) is 4.79 Å². The molecule has 1 unspecified atom stereocenters. The molecule has 0 bridgehead atoms. The zero-order chi connectivity index (χ0) is 12.6. The number of carbonyl (C=O) groups excluding carboxylic acids is 1. The van der Waals surface area contributed by atoms with Gasteiger partial charge in [-0.3, -0.25) is 4.79 Å². The molecule has 2 aliphatic carbocycles. The van der Waals surface area contributed by atoms with Crippen molar-refractivity contribution in [3.05, 3.63) is 0 Å². The Balaban J connectivity index is 1.55. The number of carbonyl (C=O) groups is 1. The number of ether oxygens (including phenoxy) is 1. The molecule has 102 valence electrons. The topological polar surface area (TPSA) is 29.5 Å². The zero-order valence-corrected chi connectivity index (χ0v) is 11.5. The Hall–Kier alpha value is -0.570. The van der Waals surface area contributed by atoms with Crippen LogP contribution in [0, 0.1) is 11.3 Å². The summed E-state index contributed by atoms with van der Waals surface area (Å²) in [7, 11) is 1.83. The Morgan fingerprint density at radius 1 is 1.11 bits per heavy atom. The van der Waals surface area contributed by atoms with E-state index < -0.39 is 0 Å². The average molecular weight is 251 g/mol. The first-order valence-electron chi connectivity index (χ1n) is 7.57. The molecule has 0 aromatic rings. The van der Waals surface area contributed by atoms with E-state index in [0.29, 0.717) is 23.3 Å². The molecule has 1 aliphatic heterocycles. The van der Waals surface area contributed by atoms with E-state index in [0.717, 1.165) is 38.8 Å². The number of methoxy groups -OCH3 is 1. The van der Waals surface area contributed by atoms with Crippen molar-refractivity contribution in [2.45, 2.75) is 57.5 Å². The van der Waals surface area contributed by atoms with Gasteiger partial charge >= 0.3 is 0 Å². The minimum Gasteiger partial charge on any atom is -0.381 e. The number of piperidine rings is 1. The third-order valence-electron chi connectivity index (χ3n) is 5.65. The van der Waals surface area contributed by atoms with E-state index in [1.807, 2.05) is 7.11 Å². The fraction of sp³-hybridized carbons (Fsp3) is 0.933. The number of hydrogen-bond donors (Lipinski definition) is 0. The van der Waals surface area contributed by atoms with Crippen LogP contribution in [0.25, 0.3) is 0 Å². The van der Waals surface area contributed by atoms with Crippen molar-refractivity contribution in [2.75, 3.05) is 20.2 Å². The monoisotopic (exact) mass is 251 g/mol. The summed E-state index contributed by atoms with van der Waals surface area (Å²) in [5, 5.41) is 0. The second-order valence-corrected chi connectivity index (χ2v) is 6.43. The lowest BCUT2D eigenvalue weighted by molar-refractivity contribution is -0.148. The van der Waals surface area contributed by atoms with Crippen LogP contribution in [-0.2, 0) is 9.53 Å². The maximum Gasteiger partial charge on any atom is 0.225 e. The SMILES string of the molecule is COC1CCC12CCN(C(=O)C1CCCC1)CC2. The summed E-state index contributed by atoms with van der Waals surface area (Å²) >= 11 is 0. The van der Waals surface area contributed by atoms with E-state index in [-0.39, 0.29) is 0 Å². The van der Waals surface area contributed by atoms with Gasteiger partial charge in [-0.15, -0.1) is 0 Å². The van der Waals surface area contributed by atoms with Crippen LogP contribution < -0.4 is 0 Å². The molecule has 1 atom stereocenters. The normalized spacial score (nSPS) is 31.6. The molecule has 2 saturated carbocycles. The summed E-state index contributed by atoms with van der Waals surface area (Å²) in [4.78, 5) is 14.5. The average Bonchev–Trinajstić information content (AvgIpc) is 2.91. The minimum absolute atomic E-state index is 0.346. The summed E-state index contributed by atoms with van der Waals surface area (Å²) in [6, 6.07) is 0. The van der Waals surface area contributed by atoms with Crippen LogP contribution in [0.1, 0.15) is 51.4 Å². The third-order valence-corrected chi connectivity index (χ3v) is 5.65. The molecule has 3 fully saturated rings. The quantitative estimate of drug-likeness (QED) is 0.755. The highest BCUT2D eigenvalue weighted by atomic mass is 16.5. The molecule has 3 aliphatic rings. The van der Waals surface area contributed by atoms with E-state index >= 15 is 0 Å². The molecule has 1 amide bonds. The van der Waals surface area contributed by atoms with Gasteiger partial charge < -0.3 is 9.64 Å². The maximum absolute atomic E-state index is 12.4. The number of amides is 1. The Morgan fingerprint density at radius 2 is 1.78 bits per heavy atom. The van der Waals surface area contributed by atoms with Crippen LogP contribution in [0.4, 0.5) is 0 Å². The fourth-order valence-corrected chi connectivity index (χ4v) is 4.21. The van der Waals surface area contributed by atoms with Gasteiger partial charge in [0.2, 0.25) is 5.91 Å². The highest BCUT2D eigenvalue weighted by Crippen LogP contribution is 2.50. The molecule has 3 rings (SSSR count). The molecule has 1 saturated heterocycles.